The fourth-order valence-electron chi connectivity index (χ4n) is 2.57. The molecule has 0 aliphatic rings. The quantitative estimate of drug-likeness (QED) is 0.687. The van der Waals surface area contributed by atoms with Crippen LogP contribution in [0.15, 0.2) is 42.0 Å². The number of aromatic nitrogens is 2. The molecule has 0 unspecified atom stereocenters. The molecule has 0 atom stereocenters. The van der Waals surface area contributed by atoms with Crippen LogP contribution in [0.5, 0.6) is 0 Å². The SMILES string of the molecule is Cc1ncsc1CN(C)C(=O)C=Cc1cn(C)c2ccccc12. The second kappa shape index (κ2) is 6.38. The number of carbonyl (C=O) groups is 1. The fourth-order valence-corrected chi connectivity index (χ4v) is 3.39. The number of amides is 1. The van der Waals surface area contributed by atoms with E-state index in [0.717, 1.165) is 27.0 Å². The summed E-state index contributed by atoms with van der Waals surface area (Å²) in [5.41, 5.74) is 5.02. The number of carbonyl (C=O) groups excluding carboxylic acids is 1. The predicted octanol–water partition coefficient (Wildman–Crippen LogP) is 3.62. The van der Waals surface area contributed by atoms with Gasteiger partial charge in [0.1, 0.15) is 0 Å². The van der Waals surface area contributed by atoms with Gasteiger partial charge in [-0.3, -0.25) is 4.79 Å². The van der Waals surface area contributed by atoms with Crippen LogP contribution in [-0.2, 0) is 18.4 Å². The van der Waals surface area contributed by atoms with E-state index < -0.39 is 0 Å². The maximum atomic E-state index is 12.3. The first-order chi connectivity index (χ1) is 11.1. The van der Waals surface area contributed by atoms with E-state index in [1.807, 2.05) is 50.9 Å². The van der Waals surface area contributed by atoms with Gasteiger partial charge in [0.05, 0.1) is 17.7 Å². The molecule has 5 heteroatoms. The molecule has 3 rings (SSSR count). The van der Waals surface area contributed by atoms with E-state index >= 15 is 0 Å². The normalized spacial score (nSPS) is 11.4. The first-order valence-electron chi connectivity index (χ1n) is 7.42. The Morgan fingerprint density at radius 2 is 2.17 bits per heavy atom. The molecule has 0 aliphatic heterocycles. The van der Waals surface area contributed by atoms with Crippen molar-refractivity contribution in [2.75, 3.05) is 7.05 Å². The van der Waals surface area contributed by atoms with Crippen LogP contribution in [-0.4, -0.2) is 27.4 Å². The number of rotatable bonds is 4. The van der Waals surface area contributed by atoms with Gasteiger partial charge in [-0.15, -0.1) is 11.3 Å². The van der Waals surface area contributed by atoms with Gasteiger partial charge >= 0.3 is 0 Å². The molecule has 3 aromatic rings. The minimum Gasteiger partial charge on any atom is -0.350 e. The monoisotopic (exact) mass is 325 g/mol. The molecule has 0 saturated heterocycles. The number of thiazole rings is 1. The summed E-state index contributed by atoms with van der Waals surface area (Å²) in [5, 5.41) is 1.15. The van der Waals surface area contributed by atoms with Crippen LogP contribution in [0.2, 0.25) is 0 Å². The maximum Gasteiger partial charge on any atom is 0.246 e. The minimum atomic E-state index is -0.00858. The standard InChI is InChI=1S/C18H19N3OS/c1-13-17(23-12-19-13)11-21(3)18(22)9-8-14-10-20(2)16-7-5-4-6-15(14)16/h4-10,12H,11H2,1-3H3. The number of hydrogen-bond donors (Lipinski definition) is 0. The van der Waals surface area contributed by atoms with Crippen molar-refractivity contribution in [1.82, 2.24) is 14.5 Å². The Morgan fingerprint density at radius 1 is 1.39 bits per heavy atom. The van der Waals surface area contributed by atoms with Gasteiger partial charge in [-0.05, 0) is 19.1 Å². The summed E-state index contributed by atoms with van der Waals surface area (Å²) >= 11 is 1.58. The molecular weight excluding hydrogens is 306 g/mol. The molecule has 0 spiro atoms. The summed E-state index contributed by atoms with van der Waals surface area (Å²) in [6.45, 7) is 2.56. The van der Waals surface area contributed by atoms with Gasteiger partial charge in [0, 0.05) is 47.7 Å². The Balaban J connectivity index is 1.76. The molecule has 1 aromatic carbocycles. The molecule has 4 nitrogen and oxygen atoms in total. The first kappa shape index (κ1) is 15.5. The van der Waals surface area contributed by atoms with E-state index in [1.54, 1.807) is 22.3 Å². The molecule has 2 heterocycles. The van der Waals surface area contributed by atoms with Gasteiger partial charge in [-0.25, -0.2) is 4.98 Å². The maximum absolute atomic E-state index is 12.3. The van der Waals surface area contributed by atoms with Crippen molar-refractivity contribution in [1.29, 1.82) is 0 Å². The van der Waals surface area contributed by atoms with Crippen molar-refractivity contribution in [3.8, 4) is 0 Å². The zero-order valence-corrected chi connectivity index (χ0v) is 14.3. The zero-order chi connectivity index (χ0) is 16.4. The smallest absolute Gasteiger partial charge is 0.246 e. The van der Waals surface area contributed by atoms with Crippen LogP contribution < -0.4 is 0 Å². The van der Waals surface area contributed by atoms with E-state index in [0.29, 0.717) is 6.54 Å². The Labute approximate surface area is 139 Å². The molecule has 0 saturated carbocycles. The second-order valence-corrected chi connectivity index (χ2v) is 6.54. The molecule has 0 bridgehead atoms. The highest BCUT2D eigenvalue weighted by Gasteiger charge is 2.10. The van der Waals surface area contributed by atoms with Crippen molar-refractivity contribution in [2.24, 2.45) is 7.05 Å². The topological polar surface area (TPSA) is 38.1 Å². The van der Waals surface area contributed by atoms with Crippen molar-refractivity contribution in [3.05, 3.63) is 58.2 Å². The fraction of sp³-hybridized carbons (Fsp3) is 0.222. The van der Waals surface area contributed by atoms with Crippen LogP contribution in [0.25, 0.3) is 17.0 Å². The summed E-state index contributed by atoms with van der Waals surface area (Å²) in [6, 6.07) is 8.18. The summed E-state index contributed by atoms with van der Waals surface area (Å²) in [6.07, 6.45) is 5.57. The average Bonchev–Trinajstić information content (AvgIpc) is 3.09. The Kier molecular flexibility index (Phi) is 4.30. The average molecular weight is 325 g/mol. The van der Waals surface area contributed by atoms with Crippen LogP contribution in [0.3, 0.4) is 0 Å². The molecule has 118 valence electrons. The Bertz CT molecular complexity index is 875. The largest absolute Gasteiger partial charge is 0.350 e. The lowest BCUT2D eigenvalue weighted by Crippen LogP contribution is -2.23. The first-order valence-corrected chi connectivity index (χ1v) is 8.30. The lowest BCUT2D eigenvalue weighted by Gasteiger charge is -2.14. The van der Waals surface area contributed by atoms with Gasteiger partial charge < -0.3 is 9.47 Å². The number of para-hydroxylation sites is 1. The van der Waals surface area contributed by atoms with E-state index in [-0.39, 0.29) is 5.91 Å². The van der Waals surface area contributed by atoms with Gasteiger partial charge in [0.25, 0.3) is 0 Å². The highest BCUT2D eigenvalue weighted by molar-refractivity contribution is 7.09. The molecule has 23 heavy (non-hydrogen) atoms. The third-order valence-electron chi connectivity index (χ3n) is 3.94. The lowest BCUT2D eigenvalue weighted by molar-refractivity contribution is -0.125. The van der Waals surface area contributed by atoms with Crippen LogP contribution in [0.4, 0.5) is 0 Å². The Morgan fingerprint density at radius 3 is 2.91 bits per heavy atom. The molecular formula is C18H19N3OS. The summed E-state index contributed by atoms with van der Waals surface area (Å²) < 4.78 is 2.07. The van der Waals surface area contributed by atoms with E-state index in [9.17, 15) is 4.79 Å². The van der Waals surface area contributed by atoms with E-state index in [1.165, 1.54) is 0 Å². The molecule has 1 amide bonds. The highest BCUT2D eigenvalue weighted by Crippen LogP contribution is 2.21. The highest BCUT2D eigenvalue weighted by atomic mass is 32.1. The number of likely N-dealkylation sites (N-methyl/N-ethyl adjacent to an activating group) is 1. The number of benzene rings is 1. The number of aryl methyl sites for hydroxylation is 2. The third-order valence-corrected chi connectivity index (χ3v) is 4.85. The second-order valence-electron chi connectivity index (χ2n) is 5.60. The Hall–Kier alpha value is -2.40. The molecule has 0 aliphatic carbocycles. The van der Waals surface area contributed by atoms with Crippen molar-refractivity contribution >= 4 is 34.2 Å². The van der Waals surface area contributed by atoms with E-state index in [2.05, 4.69) is 21.7 Å². The van der Waals surface area contributed by atoms with Crippen LogP contribution >= 0.6 is 11.3 Å². The summed E-state index contributed by atoms with van der Waals surface area (Å²) in [4.78, 5) is 19.4. The third kappa shape index (κ3) is 3.19. The number of nitrogens with zero attached hydrogens (tertiary/aromatic N) is 3. The number of fused-ring (bicyclic) bond motifs is 1. The molecule has 0 radical (unpaired) electrons. The molecule has 0 N–H and O–H groups in total. The zero-order valence-electron chi connectivity index (χ0n) is 13.5. The van der Waals surface area contributed by atoms with Gasteiger partial charge in [0.15, 0.2) is 0 Å². The molecule has 2 aromatic heterocycles. The van der Waals surface area contributed by atoms with Crippen molar-refractivity contribution in [2.45, 2.75) is 13.5 Å². The van der Waals surface area contributed by atoms with Gasteiger partial charge in [-0.1, -0.05) is 18.2 Å². The minimum absolute atomic E-state index is 0.00858. The molecule has 0 fully saturated rings. The van der Waals surface area contributed by atoms with Crippen molar-refractivity contribution < 1.29 is 4.79 Å². The summed E-state index contributed by atoms with van der Waals surface area (Å²) in [7, 11) is 3.83. The van der Waals surface area contributed by atoms with Crippen molar-refractivity contribution in [3.63, 3.8) is 0 Å². The van der Waals surface area contributed by atoms with Crippen LogP contribution in [0.1, 0.15) is 16.1 Å². The summed E-state index contributed by atoms with van der Waals surface area (Å²) in [5.74, 6) is -0.00858. The van der Waals surface area contributed by atoms with Gasteiger partial charge in [0.2, 0.25) is 5.91 Å². The lowest BCUT2D eigenvalue weighted by atomic mass is 10.1. The predicted molar refractivity (Wildman–Crippen MR) is 95.3 cm³/mol. The van der Waals surface area contributed by atoms with E-state index in [4.69, 9.17) is 0 Å². The van der Waals surface area contributed by atoms with Gasteiger partial charge in [-0.2, -0.15) is 0 Å². The van der Waals surface area contributed by atoms with Crippen LogP contribution in [0, 0.1) is 6.92 Å². The number of hydrogen-bond acceptors (Lipinski definition) is 3.